The Morgan fingerprint density at radius 2 is 2.10 bits per heavy atom. The second kappa shape index (κ2) is 9.50. The van der Waals surface area contributed by atoms with Gasteiger partial charge in [0, 0.05) is 25.0 Å². The van der Waals surface area contributed by atoms with Gasteiger partial charge in [-0.3, -0.25) is 4.79 Å². The van der Waals surface area contributed by atoms with Gasteiger partial charge in [0.05, 0.1) is 36.1 Å². The fraction of sp³-hybridized carbons (Fsp3) is 0.190. The second-order valence-corrected chi connectivity index (χ2v) is 6.59. The number of nitriles is 1. The Labute approximate surface area is 178 Å². The van der Waals surface area contributed by atoms with Crippen LogP contribution in [-0.4, -0.2) is 35.4 Å². The summed E-state index contributed by atoms with van der Waals surface area (Å²) in [5.74, 6) is -0.942. The van der Waals surface area contributed by atoms with E-state index in [2.05, 4.69) is 15.7 Å². The third kappa shape index (κ3) is 4.66. The molecule has 2 N–H and O–H groups in total. The van der Waals surface area contributed by atoms with E-state index in [0.717, 1.165) is 24.7 Å². The average Bonchev–Trinajstić information content (AvgIpc) is 3.25. The number of morpholine rings is 1. The lowest BCUT2D eigenvalue weighted by Crippen LogP contribution is -2.33. The molecule has 0 saturated carbocycles. The van der Waals surface area contributed by atoms with Crippen LogP contribution < -0.4 is 10.6 Å². The quantitative estimate of drug-likeness (QED) is 0.667. The van der Waals surface area contributed by atoms with Crippen LogP contribution in [0.3, 0.4) is 0 Å². The monoisotopic (exact) mass is 427 g/mol. The van der Waals surface area contributed by atoms with Crippen molar-refractivity contribution in [3.05, 3.63) is 77.4 Å². The standard InChI is InChI=1S/C21H18FN5O2.ClH/c22-18-9-14(10-23)1-6-19(18)27-13-16(11-25-27)21(28)26-17-4-2-15(3-5-17)20-12-24-7-8-29-20;/h1-6,9,11,13,20,24H,7-8,12H2,(H,26,28);1H/t20-;/m1./s1. The number of nitrogens with one attached hydrogen (secondary N) is 2. The number of carbonyl (C=O) groups is 1. The summed E-state index contributed by atoms with van der Waals surface area (Å²) in [6.45, 7) is 2.29. The van der Waals surface area contributed by atoms with E-state index in [1.54, 1.807) is 0 Å². The van der Waals surface area contributed by atoms with Crippen molar-refractivity contribution in [1.29, 1.82) is 5.26 Å². The zero-order chi connectivity index (χ0) is 20.2. The molecule has 3 aromatic rings. The van der Waals surface area contributed by atoms with Gasteiger partial charge < -0.3 is 15.4 Å². The van der Waals surface area contributed by atoms with Crippen LogP contribution in [0, 0.1) is 17.1 Å². The van der Waals surface area contributed by atoms with Crippen molar-refractivity contribution in [3.8, 4) is 11.8 Å². The van der Waals surface area contributed by atoms with Gasteiger partial charge in [-0.1, -0.05) is 12.1 Å². The van der Waals surface area contributed by atoms with Crippen molar-refractivity contribution in [2.75, 3.05) is 25.0 Å². The van der Waals surface area contributed by atoms with E-state index in [9.17, 15) is 9.18 Å². The number of amides is 1. The summed E-state index contributed by atoms with van der Waals surface area (Å²) in [6, 6.07) is 13.4. The van der Waals surface area contributed by atoms with Crippen LogP contribution >= 0.6 is 12.4 Å². The van der Waals surface area contributed by atoms with E-state index < -0.39 is 5.82 Å². The number of aromatic nitrogens is 2. The Morgan fingerprint density at radius 3 is 2.77 bits per heavy atom. The lowest BCUT2D eigenvalue weighted by Gasteiger charge is -2.24. The Bertz CT molecular complexity index is 1070. The summed E-state index contributed by atoms with van der Waals surface area (Å²) in [7, 11) is 0. The van der Waals surface area contributed by atoms with Gasteiger partial charge in [-0.05, 0) is 35.9 Å². The largest absolute Gasteiger partial charge is 0.371 e. The molecule has 2 aromatic carbocycles. The molecule has 9 heteroatoms. The topological polar surface area (TPSA) is 92.0 Å². The van der Waals surface area contributed by atoms with Gasteiger partial charge in [0.2, 0.25) is 0 Å². The summed E-state index contributed by atoms with van der Waals surface area (Å²) in [5.41, 5.74) is 2.35. The molecular formula is C21H19ClFN5O2. The molecule has 154 valence electrons. The molecule has 0 unspecified atom stereocenters. The average molecular weight is 428 g/mol. The smallest absolute Gasteiger partial charge is 0.258 e. The number of anilines is 1. The van der Waals surface area contributed by atoms with Crippen LogP contribution in [0.1, 0.15) is 27.6 Å². The van der Waals surface area contributed by atoms with Crippen LogP contribution in [0.4, 0.5) is 10.1 Å². The summed E-state index contributed by atoms with van der Waals surface area (Å²) in [6.07, 6.45) is 2.81. The minimum Gasteiger partial charge on any atom is -0.371 e. The molecule has 0 bridgehead atoms. The molecule has 0 radical (unpaired) electrons. The number of carbonyl (C=O) groups excluding carboxylic acids is 1. The van der Waals surface area contributed by atoms with Crippen LogP contribution in [-0.2, 0) is 4.74 Å². The molecule has 7 nitrogen and oxygen atoms in total. The van der Waals surface area contributed by atoms with Crippen molar-refractivity contribution in [2.24, 2.45) is 0 Å². The fourth-order valence-corrected chi connectivity index (χ4v) is 3.10. The third-order valence-corrected chi connectivity index (χ3v) is 4.64. The molecule has 30 heavy (non-hydrogen) atoms. The van der Waals surface area contributed by atoms with Gasteiger partial charge in [-0.25, -0.2) is 9.07 Å². The highest BCUT2D eigenvalue weighted by Crippen LogP contribution is 2.21. The summed E-state index contributed by atoms with van der Waals surface area (Å²) in [4.78, 5) is 12.5. The Morgan fingerprint density at radius 1 is 1.30 bits per heavy atom. The highest BCUT2D eigenvalue weighted by Gasteiger charge is 2.16. The number of halogens is 2. The predicted molar refractivity (Wildman–Crippen MR) is 111 cm³/mol. The number of benzene rings is 2. The fourth-order valence-electron chi connectivity index (χ4n) is 3.10. The van der Waals surface area contributed by atoms with Gasteiger partial charge in [0.1, 0.15) is 11.5 Å². The first-order valence-electron chi connectivity index (χ1n) is 9.12. The predicted octanol–water partition coefficient (Wildman–Crippen LogP) is 3.22. The van der Waals surface area contributed by atoms with Crippen LogP contribution in [0.5, 0.6) is 0 Å². The molecule has 1 saturated heterocycles. The molecule has 1 aromatic heterocycles. The Hall–Kier alpha value is -3.25. The van der Waals surface area contributed by atoms with Crippen molar-refractivity contribution < 1.29 is 13.9 Å². The van der Waals surface area contributed by atoms with Crippen LogP contribution in [0.25, 0.3) is 5.69 Å². The van der Waals surface area contributed by atoms with Crippen molar-refractivity contribution in [3.63, 3.8) is 0 Å². The summed E-state index contributed by atoms with van der Waals surface area (Å²) in [5, 5.41) is 19.0. The highest BCUT2D eigenvalue weighted by atomic mass is 35.5. The maximum absolute atomic E-state index is 14.1. The zero-order valence-electron chi connectivity index (χ0n) is 15.8. The number of ether oxygens (including phenoxy) is 1. The number of rotatable bonds is 4. The van der Waals surface area contributed by atoms with Crippen molar-refractivity contribution in [1.82, 2.24) is 15.1 Å². The lowest BCUT2D eigenvalue weighted by atomic mass is 10.1. The molecule has 1 atom stereocenters. The molecule has 0 aliphatic carbocycles. The zero-order valence-corrected chi connectivity index (χ0v) is 16.7. The number of hydrogen-bond donors (Lipinski definition) is 2. The first kappa shape index (κ1) is 21.5. The van der Waals surface area contributed by atoms with E-state index in [4.69, 9.17) is 10.00 Å². The van der Waals surface area contributed by atoms with Gasteiger partial charge in [-0.15, -0.1) is 12.4 Å². The van der Waals surface area contributed by atoms with E-state index >= 15 is 0 Å². The normalized spacial score (nSPS) is 15.7. The first-order valence-corrected chi connectivity index (χ1v) is 9.12. The van der Waals surface area contributed by atoms with E-state index in [0.29, 0.717) is 12.3 Å². The molecule has 1 aliphatic heterocycles. The maximum atomic E-state index is 14.1. The van der Waals surface area contributed by atoms with Crippen molar-refractivity contribution in [2.45, 2.75) is 6.10 Å². The summed E-state index contributed by atoms with van der Waals surface area (Å²) >= 11 is 0. The highest BCUT2D eigenvalue weighted by molar-refractivity contribution is 6.04. The molecule has 1 fully saturated rings. The molecule has 1 amide bonds. The van der Waals surface area contributed by atoms with E-state index in [1.807, 2.05) is 30.3 Å². The first-order chi connectivity index (χ1) is 14.1. The van der Waals surface area contributed by atoms with Crippen LogP contribution in [0.2, 0.25) is 0 Å². The number of hydrogen-bond acceptors (Lipinski definition) is 5. The lowest BCUT2D eigenvalue weighted by molar-refractivity contribution is 0.0277. The molecule has 0 spiro atoms. The van der Waals surface area contributed by atoms with Crippen molar-refractivity contribution >= 4 is 24.0 Å². The van der Waals surface area contributed by atoms with Gasteiger partial charge >= 0.3 is 0 Å². The van der Waals surface area contributed by atoms with Gasteiger partial charge in [0.15, 0.2) is 0 Å². The van der Waals surface area contributed by atoms with E-state index in [1.165, 1.54) is 29.2 Å². The molecule has 4 rings (SSSR count). The molecule has 1 aliphatic rings. The SMILES string of the molecule is Cl.N#Cc1ccc(-n2cc(C(=O)Nc3ccc([C@H]4CNCCO4)cc3)cn2)c(F)c1. The molecule has 2 heterocycles. The third-order valence-electron chi connectivity index (χ3n) is 4.64. The minimum atomic E-state index is -0.589. The Kier molecular flexibility index (Phi) is 6.79. The minimum absolute atomic E-state index is 0. The van der Waals surface area contributed by atoms with E-state index in [-0.39, 0.29) is 41.2 Å². The summed E-state index contributed by atoms with van der Waals surface area (Å²) < 4.78 is 21.1. The molecular weight excluding hydrogens is 409 g/mol. The van der Waals surface area contributed by atoms with Gasteiger partial charge in [0.25, 0.3) is 5.91 Å². The van der Waals surface area contributed by atoms with Crippen LogP contribution in [0.15, 0.2) is 54.9 Å². The Balaban J connectivity index is 0.00000256. The second-order valence-electron chi connectivity index (χ2n) is 6.59. The maximum Gasteiger partial charge on any atom is 0.258 e. The number of nitrogens with zero attached hydrogens (tertiary/aromatic N) is 3. The van der Waals surface area contributed by atoms with Gasteiger partial charge in [-0.2, -0.15) is 10.4 Å².